The first-order chi connectivity index (χ1) is 5.52. The largest absolute Gasteiger partial charge is 0.468 e. The molecule has 0 aromatic carbocycles. The van der Waals surface area contributed by atoms with Crippen LogP contribution < -0.4 is 0 Å². The van der Waals surface area contributed by atoms with E-state index in [2.05, 4.69) is 0 Å². The summed E-state index contributed by atoms with van der Waals surface area (Å²) >= 11 is 0. The molecule has 0 aliphatic heterocycles. The van der Waals surface area contributed by atoms with Gasteiger partial charge < -0.3 is 0 Å². The van der Waals surface area contributed by atoms with Gasteiger partial charge in [-0.1, -0.05) is 3.89 Å². The van der Waals surface area contributed by atoms with Crippen LogP contribution in [-0.2, 0) is 14.7 Å². The third-order valence-corrected chi connectivity index (χ3v) is 1.08. The van der Waals surface area contributed by atoms with E-state index in [1.54, 1.807) is 0 Å². The van der Waals surface area contributed by atoms with Crippen LogP contribution in [0.25, 0.3) is 0 Å². The Morgan fingerprint density at radius 3 is 1.77 bits per heavy atom. The topological polar surface area (TPSA) is 72.8 Å². The zero-order valence-electron chi connectivity index (χ0n) is 5.38. The smallest absolute Gasteiger partial charge is 0.168 e. The van der Waals surface area contributed by atoms with E-state index in [4.69, 9.17) is 4.91 Å². The van der Waals surface area contributed by atoms with Gasteiger partial charge in [0.25, 0.3) is 0 Å². The number of hydrogen-bond donors (Lipinski definition) is 0. The van der Waals surface area contributed by atoms with Crippen LogP contribution in [0.15, 0.2) is 5.18 Å². The number of halogens is 5. The van der Waals surface area contributed by atoms with Gasteiger partial charge in [-0.2, -0.15) is 30.2 Å². The Morgan fingerprint density at radius 1 is 1.15 bits per heavy atom. The number of hydrogen-bond acceptors (Lipinski definition) is 5. The Bertz CT molecular complexity index is 298. The van der Waals surface area contributed by atoms with E-state index in [1.165, 1.54) is 0 Å². The molecule has 0 bridgehead atoms. The summed E-state index contributed by atoms with van der Waals surface area (Å²) in [6.45, 7) is 0. The van der Waals surface area contributed by atoms with Gasteiger partial charge in [-0.3, -0.25) is 0 Å². The molecule has 0 aromatic rings. The molecule has 0 spiro atoms. The molecule has 0 aliphatic rings. The van der Waals surface area contributed by atoms with Gasteiger partial charge in [-0.25, -0.2) is 0 Å². The first-order valence-corrected chi connectivity index (χ1v) is 3.58. The molecule has 0 unspecified atom stereocenters. The van der Waals surface area contributed by atoms with Gasteiger partial charge in [0, 0.05) is 5.18 Å². The van der Waals surface area contributed by atoms with Crippen molar-refractivity contribution in [2.75, 3.05) is 0 Å². The predicted octanol–water partition coefficient (Wildman–Crippen LogP) is 1.17. The highest BCUT2D eigenvalue weighted by atomic mass is 32.3. The van der Waals surface area contributed by atoms with Crippen molar-refractivity contribution in [3.05, 3.63) is 4.91 Å². The van der Waals surface area contributed by atoms with Crippen LogP contribution in [0.5, 0.6) is 0 Å². The van der Waals surface area contributed by atoms with E-state index < -0.39 is 22.7 Å². The van der Waals surface area contributed by atoms with E-state index in [1.807, 2.05) is 4.18 Å². The molecule has 0 N–H and O–H groups in total. The number of nitroso groups, excluding NO2 is 1. The summed E-state index contributed by atoms with van der Waals surface area (Å²) in [5.74, 6) is 0. The van der Waals surface area contributed by atoms with Crippen molar-refractivity contribution < 1.29 is 34.0 Å². The monoisotopic (exact) mass is 229 g/mol. The fourth-order valence-corrected chi connectivity index (χ4v) is 0.579. The van der Waals surface area contributed by atoms with Gasteiger partial charge in [0.15, 0.2) is 0 Å². The molecule has 0 saturated heterocycles. The van der Waals surface area contributed by atoms with Crippen LogP contribution in [0.4, 0.5) is 21.4 Å². The molecule has 0 aliphatic carbocycles. The van der Waals surface area contributed by atoms with E-state index >= 15 is 0 Å². The van der Waals surface area contributed by atoms with Crippen LogP contribution in [-0.4, -0.2) is 20.6 Å². The van der Waals surface area contributed by atoms with Crippen molar-refractivity contribution in [3.8, 4) is 0 Å². The fraction of sp³-hybridized carbons (Fsp3) is 1.00. The molecular weight excluding hydrogens is 229 g/mol. The lowest BCUT2D eigenvalue weighted by atomic mass is 10.5. The Balaban J connectivity index is 4.88. The fourth-order valence-electron chi connectivity index (χ4n) is 0.228. The summed E-state index contributed by atoms with van der Waals surface area (Å²) in [6, 6.07) is -5.66. The maximum absolute atomic E-state index is 11.8. The molecule has 0 rings (SSSR count). The Kier molecular flexibility index (Phi) is 2.94. The molecule has 0 amide bonds. The zero-order valence-corrected chi connectivity index (χ0v) is 6.19. The Labute approximate surface area is 67.9 Å². The summed E-state index contributed by atoms with van der Waals surface area (Å²) < 4.78 is 79.1. The predicted molar refractivity (Wildman–Crippen MR) is 26.8 cm³/mol. The molecule has 78 valence electrons. The summed E-state index contributed by atoms with van der Waals surface area (Å²) in [5.41, 5.74) is 0. The van der Waals surface area contributed by atoms with Crippen molar-refractivity contribution in [1.82, 2.24) is 0 Å². The van der Waals surface area contributed by atoms with Crippen LogP contribution in [0, 0.1) is 4.91 Å². The summed E-state index contributed by atoms with van der Waals surface area (Å²) in [4.78, 5) is 9.08. The van der Waals surface area contributed by atoms with Crippen molar-refractivity contribution in [3.63, 3.8) is 0 Å². The van der Waals surface area contributed by atoms with Gasteiger partial charge >= 0.3 is 22.7 Å². The molecule has 0 fully saturated rings. The number of alkyl halides is 4. The van der Waals surface area contributed by atoms with Crippen molar-refractivity contribution in [2.24, 2.45) is 5.18 Å². The van der Waals surface area contributed by atoms with E-state index in [9.17, 15) is 29.9 Å². The minimum atomic E-state index is -6.30. The minimum Gasteiger partial charge on any atom is -0.168 e. The normalized spacial score (nSPS) is 14.2. The molecule has 5 nitrogen and oxygen atoms in total. The first kappa shape index (κ1) is 12.2. The number of nitrogens with zero attached hydrogens (tertiary/aromatic N) is 1. The standard InChI is InChI=1S/C2F5NO4S/c3-1(4,8-9)2(5,6)12-13(7,10)11. The average Bonchev–Trinajstić information content (AvgIpc) is 1.81. The van der Waals surface area contributed by atoms with Gasteiger partial charge in [0.2, 0.25) is 0 Å². The minimum absolute atomic E-state index is 0.587. The van der Waals surface area contributed by atoms with Crippen LogP contribution in [0.2, 0.25) is 0 Å². The highest BCUT2D eigenvalue weighted by Crippen LogP contribution is 2.37. The van der Waals surface area contributed by atoms with Crippen LogP contribution in [0.1, 0.15) is 0 Å². The number of rotatable bonds is 4. The highest BCUT2D eigenvalue weighted by Gasteiger charge is 2.63. The molecule has 13 heavy (non-hydrogen) atoms. The third-order valence-electron chi connectivity index (χ3n) is 0.669. The summed E-state index contributed by atoms with van der Waals surface area (Å²) in [7, 11) is -6.30. The second-order valence-electron chi connectivity index (χ2n) is 1.63. The highest BCUT2D eigenvalue weighted by molar-refractivity contribution is 7.81. The zero-order chi connectivity index (χ0) is 10.9. The molecule has 0 heterocycles. The average molecular weight is 229 g/mol. The van der Waals surface area contributed by atoms with E-state index in [-0.39, 0.29) is 0 Å². The van der Waals surface area contributed by atoms with Gasteiger partial charge in [-0.15, -0.1) is 4.91 Å². The quantitative estimate of drug-likeness (QED) is 0.314. The van der Waals surface area contributed by atoms with Crippen molar-refractivity contribution in [2.45, 2.75) is 12.2 Å². The van der Waals surface area contributed by atoms with Crippen molar-refractivity contribution in [1.29, 1.82) is 0 Å². The van der Waals surface area contributed by atoms with Gasteiger partial charge in [0.1, 0.15) is 0 Å². The molecular formula is C2F5NO4S. The Morgan fingerprint density at radius 2 is 1.54 bits per heavy atom. The summed E-state index contributed by atoms with van der Waals surface area (Å²) in [6.07, 6.45) is -5.84. The van der Waals surface area contributed by atoms with Crippen LogP contribution in [0.3, 0.4) is 0 Å². The lowest BCUT2D eigenvalue weighted by molar-refractivity contribution is -0.305. The second-order valence-corrected chi connectivity index (χ2v) is 2.58. The SMILES string of the molecule is O=NC(F)(F)C(F)(F)OS(=O)(=O)F. The molecule has 0 aromatic heterocycles. The maximum Gasteiger partial charge on any atom is 0.468 e. The second kappa shape index (κ2) is 3.14. The van der Waals surface area contributed by atoms with E-state index in [0.717, 1.165) is 0 Å². The molecule has 11 heteroatoms. The lowest BCUT2D eigenvalue weighted by Gasteiger charge is -2.16. The Hall–Kier alpha value is -0.840. The molecule has 0 saturated carbocycles. The molecule has 0 atom stereocenters. The van der Waals surface area contributed by atoms with E-state index in [0.29, 0.717) is 5.18 Å². The van der Waals surface area contributed by atoms with Gasteiger partial charge in [-0.05, 0) is 0 Å². The first-order valence-electron chi connectivity index (χ1n) is 2.27. The molecule has 0 radical (unpaired) electrons. The summed E-state index contributed by atoms with van der Waals surface area (Å²) in [5, 5.41) is 0.587. The van der Waals surface area contributed by atoms with Gasteiger partial charge in [0.05, 0.1) is 0 Å². The third kappa shape index (κ3) is 3.18. The maximum atomic E-state index is 11.8. The van der Waals surface area contributed by atoms with Crippen molar-refractivity contribution >= 4 is 10.5 Å². The lowest BCUT2D eigenvalue weighted by Crippen LogP contribution is -2.41. The van der Waals surface area contributed by atoms with Crippen LogP contribution >= 0.6 is 0 Å².